The van der Waals surface area contributed by atoms with E-state index >= 15 is 0 Å². The van der Waals surface area contributed by atoms with Crippen LogP contribution in [0.4, 0.5) is 11.4 Å². The van der Waals surface area contributed by atoms with Crippen molar-refractivity contribution in [2.75, 3.05) is 5.32 Å². The zero-order valence-corrected chi connectivity index (χ0v) is 23.2. The predicted molar refractivity (Wildman–Crippen MR) is 157 cm³/mol. The highest BCUT2D eigenvalue weighted by Gasteiger charge is 2.28. The minimum absolute atomic E-state index is 0.0220. The summed E-state index contributed by atoms with van der Waals surface area (Å²) in [4.78, 5) is 19.8. The third-order valence-electron chi connectivity index (χ3n) is 7.28. The van der Waals surface area contributed by atoms with E-state index in [4.69, 9.17) is 4.99 Å². The third kappa shape index (κ3) is 5.19. The van der Waals surface area contributed by atoms with Gasteiger partial charge in [-0.1, -0.05) is 43.7 Å². The molecule has 2 heterocycles. The molecule has 0 saturated heterocycles. The van der Waals surface area contributed by atoms with Gasteiger partial charge in [-0.15, -0.1) is 11.3 Å². The molecule has 0 fully saturated rings. The van der Waals surface area contributed by atoms with Gasteiger partial charge in [0.25, 0.3) is 5.91 Å². The Hall–Kier alpha value is -3.44. The van der Waals surface area contributed by atoms with Gasteiger partial charge in [0.1, 0.15) is 5.00 Å². The van der Waals surface area contributed by atoms with Crippen molar-refractivity contribution >= 4 is 34.8 Å². The van der Waals surface area contributed by atoms with E-state index < -0.39 is 0 Å². The summed E-state index contributed by atoms with van der Waals surface area (Å²) in [7, 11) is 0. The molecule has 1 amide bonds. The van der Waals surface area contributed by atoms with Gasteiger partial charge in [0.05, 0.1) is 11.3 Å². The molecule has 4 nitrogen and oxygen atoms in total. The van der Waals surface area contributed by atoms with E-state index in [0.717, 1.165) is 58.2 Å². The quantitative estimate of drug-likeness (QED) is 0.260. The molecular weight excluding hydrogens is 474 g/mol. The van der Waals surface area contributed by atoms with Crippen molar-refractivity contribution in [1.29, 1.82) is 0 Å². The number of aliphatic imine (C=N–C) groups is 1. The van der Waals surface area contributed by atoms with E-state index in [2.05, 4.69) is 74.8 Å². The first-order chi connectivity index (χ1) is 17.8. The number of aryl methyl sites for hydroxylation is 3. The zero-order valence-electron chi connectivity index (χ0n) is 22.4. The number of thiophene rings is 1. The minimum atomic E-state index is -0.0220. The van der Waals surface area contributed by atoms with E-state index in [0.29, 0.717) is 5.92 Å². The van der Waals surface area contributed by atoms with Crippen LogP contribution in [0.15, 0.2) is 59.6 Å². The fraction of sp³-hybridized carbons (Fsp3) is 0.312. The second-order valence-corrected chi connectivity index (χ2v) is 11.5. The second-order valence-electron chi connectivity index (χ2n) is 10.4. The highest BCUT2D eigenvalue weighted by atomic mass is 32.1. The van der Waals surface area contributed by atoms with E-state index in [9.17, 15) is 4.79 Å². The molecule has 0 radical (unpaired) electrons. The van der Waals surface area contributed by atoms with Crippen LogP contribution in [0.3, 0.4) is 0 Å². The largest absolute Gasteiger partial charge is 0.322 e. The van der Waals surface area contributed by atoms with E-state index in [1.54, 1.807) is 11.3 Å². The Morgan fingerprint density at radius 3 is 2.41 bits per heavy atom. The predicted octanol–water partition coefficient (Wildman–Crippen LogP) is 8.47. The van der Waals surface area contributed by atoms with E-state index in [-0.39, 0.29) is 5.91 Å². The average molecular weight is 510 g/mol. The van der Waals surface area contributed by atoms with Crippen LogP contribution in [0.25, 0.3) is 5.00 Å². The fourth-order valence-corrected chi connectivity index (χ4v) is 6.59. The van der Waals surface area contributed by atoms with Crippen LogP contribution in [-0.2, 0) is 12.8 Å². The summed E-state index contributed by atoms with van der Waals surface area (Å²) in [6.45, 7) is 10.7. The molecule has 2 aromatic heterocycles. The minimum Gasteiger partial charge on any atom is -0.322 e. The summed E-state index contributed by atoms with van der Waals surface area (Å²) >= 11 is 1.77. The van der Waals surface area contributed by atoms with Crippen molar-refractivity contribution in [2.24, 2.45) is 4.99 Å². The maximum Gasteiger partial charge on any atom is 0.258 e. The first-order valence-corrected chi connectivity index (χ1v) is 14.0. The normalized spacial score (nSPS) is 13.4. The number of hydrogen-bond donors (Lipinski definition) is 1. The molecule has 0 atom stereocenters. The number of nitrogens with one attached hydrogen (secondary N) is 1. The monoisotopic (exact) mass is 509 g/mol. The number of aromatic nitrogens is 1. The van der Waals surface area contributed by atoms with Gasteiger partial charge in [-0.25, -0.2) is 0 Å². The van der Waals surface area contributed by atoms with E-state index in [1.165, 1.54) is 28.0 Å². The Morgan fingerprint density at radius 2 is 1.70 bits per heavy atom. The number of benzene rings is 2. The van der Waals surface area contributed by atoms with Crippen LogP contribution in [0.2, 0.25) is 0 Å². The Morgan fingerprint density at radius 1 is 1.00 bits per heavy atom. The number of nitrogens with zero attached hydrogens (tertiary/aromatic N) is 2. The van der Waals surface area contributed by atoms with Gasteiger partial charge in [0.15, 0.2) is 0 Å². The molecule has 37 heavy (non-hydrogen) atoms. The molecule has 1 aliphatic rings. The lowest BCUT2D eigenvalue weighted by Crippen LogP contribution is -2.17. The summed E-state index contributed by atoms with van der Waals surface area (Å²) in [5, 5.41) is 4.19. The number of rotatable bonds is 6. The van der Waals surface area contributed by atoms with Gasteiger partial charge in [-0.3, -0.25) is 9.79 Å². The molecule has 4 aromatic rings. The molecule has 0 unspecified atom stereocenters. The number of amides is 1. The van der Waals surface area contributed by atoms with Crippen LogP contribution < -0.4 is 5.32 Å². The van der Waals surface area contributed by atoms with Crippen LogP contribution in [0, 0.1) is 20.8 Å². The highest BCUT2D eigenvalue weighted by Crippen LogP contribution is 2.39. The Kier molecular flexibility index (Phi) is 7.16. The molecule has 0 bridgehead atoms. The second kappa shape index (κ2) is 10.5. The van der Waals surface area contributed by atoms with Crippen molar-refractivity contribution in [3.05, 3.63) is 98.7 Å². The molecule has 0 spiro atoms. The molecule has 190 valence electrons. The summed E-state index contributed by atoms with van der Waals surface area (Å²) in [6, 6.07) is 18.6. The van der Waals surface area contributed by atoms with Gasteiger partial charge in [0.2, 0.25) is 0 Å². The van der Waals surface area contributed by atoms with Gasteiger partial charge in [-0.2, -0.15) is 0 Å². The van der Waals surface area contributed by atoms with Crippen LogP contribution in [0.5, 0.6) is 0 Å². The average Bonchev–Trinajstić information content (AvgIpc) is 3.40. The van der Waals surface area contributed by atoms with Gasteiger partial charge >= 0.3 is 0 Å². The van der Waals surface area contributed by atoms with Gasteiger partial charge in [0, 0.05) is 33.7 Å². The van der Waals surface area contributed by atoms with Crippen LogP contribution in [-0.4, -0.2) is 16.7 Å². The van der Waals surface area contributed by atoms with Gasteiger partial charge in [-0.05, 0) is 93.8 Å². The number of anilines is 1. The van der Waals surface area contributed by atoms with Crippen molar-refractivity contribution in [3.63, 3.8) is 0 Å². The molecule has 0 aliphatic heterocycles. The zero-order chi connectivity index (χ0) is 26.1. The topological polar surface area (TPSA) is 46.4 Å². The number of carbonyl (C=O) groups excluding carboxylic acids is 1. The van der Waals surface area contributed by atoms with Crippen molar-refractivity contribution in [2.45, 2.75) is 66.2 Å². The van der Waals surface area contributed by atoms with Gasteiger partial charge < -0.3 is 9.88 Å². The summed E-state index contributed by atoms with van der Waals surface area (Å²) in [6.07, 6.45) is 6.27. The van der Waals surface area contributed by atoms with Crippen molar-refractivity contribution < 1.29 is 4.79 Å². The fourth-order valence-electron chi connectivity index (χ4n) is 5.09. The lowest BCUT2D eigenvalue weighted by atomic mass is 9.95. The first kappa shape index (κ1) is 25.2. The first-order valence-electron chi connectivity index (χ1n) is 13.2. The number of hydrogen-bond acceptors (Lipinski definition) is 3. The molecule has 2 aromatic carbocycles. The van der Waals surface area contributed by atoms with Crippen molar-refractivity contribution in [1.82, 2.24) is 4.57 Å². The lowest BCUT2D eigenvalue weighted by Gasteiger charge is -2.14. The molecule has 5 rings (SSSR count). The molecule has 5 heteroatoms. The highest BCUT2D eigenvalue weighted by molar-refractivity contribution is 7.15. The number of carbonyl (C=O) groups is 1. The smallest absolute Gasteiger partial charge is 0.258 e. The Bertz CT molecular complexity index is 1450. The summed E-state index contributed by atoms with van der Waals surface area (Å²) in [5.74, 6) is 0.484. The lowest BCUT2D eigenvalue weighted by molar-refractivity contribution is 0.102. The third-order valence-corrected chi connectivity index (χ3v) is 8.55. The SMILES string of the molecule is Cc1ccc(NC(=O)c2c(-n3c(C)cc(C=Nc4ccc(C(C)C)cc4)c3C)sc3c2CCCC3)cc1. The Labute approximate surface area is 224 Å². The summed E-state index contributed by atoms with van der Waals surface area (Å²) < 4.78 is 2.25. The molecule has 0 saturated carbocycles. The molecule has 1 aliphatic carbocycles. The standard InChI is InChI=1S/C32H35N3OS/c1-20(2)24-12-16-26(17-13-24)33-19-25-18-22(4)35(23(25)5)32-30(28-8-6-7-9-29(28)37-32)31(36)34-27-14-10-21(3)11-15-27/h10-20H,6-9H2,1-5H3,(H,34,36). The van der Waals surface area contributed by atoms with Crippen molar-refractivity contribution in [3.8, 4) is 5.00 Å². The summed E-state index contributed by atoms with van der Waals surface area (Å²) in [5.41, 5.74) is 9.60. The number of fused-ring (bicyclic) bond motifs is 1. The Balaban J connectivity index is 1.51. The van der Waals surface area contributed by atoms with Crippen LogP contribution in [0.1, 0.15) is 81.5 Å². The molecular formula is C32H35N3OS. The maximum absolute atomic E-state index is 13.7. The maximum atomic E-state index is 13.7. The molecule has 1 N–H and O–H groups in total. The van der Waals surface area contributed by atoms with Crippen LogP contribution >= 0.6 is 11.3 Å². The van der Waals surface area contributed by atoms with E-state index in [1.807, 2.05) is 30.5 Å².